The summed E-state index contributed by atoms with van der Waals surface area (Å²) in [6, 6.07) is 0.396. The van der Waals surface area contributed by atoms with Crippen molar-refractivity contribution in [2.75, 3.05) is 34.3 Å². The zero-order chi connectivity index (χ0) is 16.2. The van der Waals surface area contributed by atoms with Crippen molar-refractivity contribution in [3.05, 3.63) is 0 Å². The molecule has 2 aliphatic rings. The molecule has 1 spiro atoms. The van der Waals surface area contributed by atoms with Crippen LogP contribution in [0.1, 0.15) is 39.0 Å². The SMILES string of the molecule is CCOC1CC(NC(=NC)NCC(=O)N(C)C)C12CCCC2. The molecule has 0 radical (unpaired) electrons. The Morgan fingerprint density at radius 3 is 2.59 bits per heavy atom. The fourth-order valence-electron chi connectivity index (χ4n) is 3.77. The van der Waals surface area contributed by atoms with Gasteiger partial charge in [0.1, 0.15) is 0 Å². The van der Waals surface area contributed by atoms with Gasteiger partial charge in [-0.2, -0.15) is 0 Å². The molecule has 0 bridgehead atoms. The molecule has 6 heteroatoms. The third-order valence-corrected chi connectivity index (χ3v) is 5.13. The van der Waals surface area contributed by atoms with E-state index in [1.54, 1.807) is 26.0 Å². The number of aliphatic imine (C=N–C) groups is 1. The monoisotopic (exact) mass is 310 g/mol. The van der Waals surface area contributed by atoms with Crippen LogP contribution in [0.3, 0.4) is 0 Å². The van der Waals surface area contributed by atoms with Crippen LogP contribution in [0.4, 0.5) is 0 Å². The van der Waals surface area contributed by atoms with Gasteiger partial charge in [-0.1, -0.05) is 12.8 Å². The molecule has 2 saturated carbocycles. The second kappa shape index (κ2) is 7.31. The summed E-state index contributed by atoms with van der Waals surface area (Å²) in [5.74, 6) is 0.751. The third-order valence-electron chi connectivity index (χ3n) is 5.13. The Balaban J connectivity index is 1.90. The van der Waals surface area contributed by atoms with Gasteiger partial charge in [0.2, 0.25) is 5.91 Å². The lowest BCUT2D eigenvalue weighted by Gasteiger charge is -2.54. The van der Waals surface area contributed by atoms with Gasteiger partial charge in [0.25, 0.3) is 0 Å². The lowest BCUT2D eigenvalue weighted by molar-refractivity contribution is -0.128. The van der Waals surface area contributed by atoms with Crippen LogP contribution in [0, 0.1) is 5.41 Å². The number of amides is 1. The molecule has 0 aliphatic heterocycles. The molecule has 0 saturated heterocycles. The standard InChI is InChI=1S/C16H30N4O2/c1-5-22-13-10-12(16(13)8-6-7-9-16)19-15(17-2)18-11-14(21)20(3)4/h12-13H,5-11H2,1-4H3,(H2,17,18,19). The predicted molar refractivity (Wildman–Crippen MR) is 87.9 cm³/mol. The summed E-state index contributed by atoms with van der Waals surface area (Å²) in [4.78, 5) is 17.5. The van der Waals surface area contributed by atoms with Gasteiger partial charge in [0.05, 0.1) is 12.6 Å². The maximum atomic E-state index is 11.7. The minimum atomic E-state index is 0.0410. The van der Waals surface area contributed by atoms with Gasteiger partial charge in [0.15, 0.2) is 5.96 Å². The van der Waals surface area contributed by atoms with Crippen LogP contribution in [0.25, 0.3) is 0 Å². The highest BCUT2D eigenvalue weighted by Gasteiger charge is 2.56. The first-order valence-electron chi connectivity index (χ1n) is 8.32. The number of rotatable bonds is 5. The summed E-state index contributed by atoms with van der Waals surface area (Å²) in [5.41, 5.74) is 0.263. The molecule has 2 N–H and O–H groups in total. The number of hydrogen-bond acceptors (Lipinski definition) is 3. The molecule has 6 nitrogen and oxygen atoms in total. The normalized spacial score (nSPS) is 26.6. The molecule has 0 heterocycles. The number of guanidine groups is 1. The molecule has 126 valence electrons. The summed E-state index contributed by atoms with van der Waals surface area (Å²) in [5, 5.41) is 6.62. The Kier molecular flexibility index (Phi) is 5.67. The van der Waals surface area contributed by atoms with Crippen LogP contribution in [-0.2, 0) is 9.53 Å². The molecule has 0 aromatic carbocycles. The van der Waals surface area contributed by atoms with Crippen LogP contribution in [0.5, 0.6) is 0 Å². The van der Waals surface area contributed by atoms with Crippen molar-refractivity contribution in [3.63, 3.8) is 0 Å². The van der Waals surface area contributed by atoms with Crippen LogP contribution in [-0.4, -0.2) is 63.2 Å². The van der Waals surface area contributed by atoms with E-state index in [9.17, 15) is 4.79 Å². The van der Waals surface area contributed by atoms with Crippen molar-refractivity contribution >= 4 is 11.9 Å². The Hall–Kier alpha value is -1.30. The average molecular weight is 310 g/mol. The Labute approximate surface area is 133 Å². The number of carbonyl (C=O) groups is 1. The van der Waals surface area contributed by atoms with Crippen molar-refractivity contribution in [2.24, 2.45) is 10.4 Å². The summed E-state index contributed by atoms with van der Waals surface area (Å²) in [6.45, 7) is 3.11. The first kappa shape index (κ1) is 17.1. The highest BCUT2D eigenvalue weighted by Crippen LogP contribution is 2.54. The molecule has 0 aromatic rings. The van der Waals surface area contributed by atoms with E-state index in [4.69, 9.17) is 4.74 Å². The Morgan fingerprint density at radius 1 is 1.36 bits per heavy atom. The summed E-state index contributed by atoms with van der Waals surface area (Å²) >= 11 is 0. The highest BCUT2D eigenvalue weighted by molar-refractivity contribution is 5.86. The molecule has 0 aromatic heterocycles. The largest absolute Gasteiger partial charge is 0.378 e. The molecule has 2 aliphatic carbocycles. The second-order valence-corrected chi connectivity index (χ2v) is 6.53. The van der Waals surface area contributed by atoms with Crippen molar-refractivity contribution in [1.82, 2.24) is 15.5 Å². The summed E-state index contributed by atoms with van der Waals surface area (Å²) in [6.07, 6.45) is 6.42. The molecule has 2 rings (SSSR count). The number of nitrogens with one attached hydrogen (secondary N) is 2. The van der Waals surface area contributed by atoms with E-state index >= 15 is 0 Å². The fraction of sp³-hybridized carbons (Fsp3) is 0.875. The van der Waals surface area contributed by atoms with Gasteiger partial charge in [-0.25, -0.2) is 0 Å². The van der Waals surface area contributed by atoms with E-state index in [0.717, 1.165) is 13.0 Å². The van der Waals surface area contributed by atoms with E-state index in [-0.39, 0.29) is 17.9 Å². The number of carbonyl (C=O) groups excluding carboxylic acids is 1. The van der Waals surface area contributed by atoms with E-state index < -0.39 is 0 Å². The summed E-state index contributed by atoms with van der Waals surface area (Å²) in [7, 11) is 5.26. The van der Waals surface area contributed by atoms with E-state index in [1.807, 2.05) is 0 Å². The highest BCUT2D eigenvalue weighted by atomic mass is 16.5. The minimum Gasteiger partial charge on any atom is -0.378 e. The first-order valence-corrected chi connectivity index (χ1v) is 8.32. The molecule has 22 heavy (non-hydrogen) atoms. The smallest absolute Gasteiger partial charge is 0.241 e. The van der Waals surface area contributed by atoms with Crippen LogP contribution < -0.4 is 10.6 Å². The van der Waals surface area contributed by atoms with Crippen molar-refractivity contribution in [2.45, 2.75) is 51.2 Å². The van der Waals surface area contributed by atoms with Crippen LogP contribution >= 0.6 is 0 Å². The van der Waals surface area contributed by atoms with E-state index in [0.29, 0.717) is 18.1 Å². The predicted octanol–water partition coefficient (Wildman–Crippen LogP) is 0.977. The van der Waals surface area contributed by atoms with Crippen molar-refractivity contribution < 1.29 is 9.53 Å². The fourth-order valence-corrected chi connectivity index (χ4v) is 3.77. The van der Waals surface area contributed by atoms with E-state index in [2.05, 4.69) is 22.5 Å². The van der Waals surface area contributed by atoms with Gasteiger partial charge in [-0.3, -0.25) is 9.79 Å². The van der Waals surface area contributed by atoms with Gasteiger partial charge < -0.3 is 20.3 Å². The maximum absolute atomic E-state index is 11.7. The van der Waals surface area contributed by atoms with Crippen LogP contribution in [0.2, 0.25) is 0 Å². The van der Waals surface area contributed by atoms with Gasteiger partial charge in [-0.15, -0.1) is 0 Å². The lowest BCUT2D eigenvalue weighted by Crippen LogP contribution is -2.65. The number of ether oxygens (including phenoxy) is 1. The van der Waals surface area contributed by atoms with Crippen LogP contribution in [0.15, 0.2) is 4.99 Å². The maximum Gasteiger partial charge on any atom is 0.241 e. The van der Waals surface area contributed by atoms with Crippen molar-refractivity contribution in [3.8, 4) is 0 Å². The molecular formula is C16H30N4O2. The molecule has 1 amide bonds. The Bertz CT molecular complexity index is 416. The molecule has 2 atom stereocenters. The lowest BCUT2D eigenvalue weighted by atomic mass is 9.60. The quantitative estimate of drug-likeness (QED) is 0.587. The summed E-state index contributed by atoms with van der Waals surface area (Å²) < 4.78 is 5.93. The Morgan fingerprint density at radius 2 is 2.05 bits per heavy atom. The van der Waals surface area contributed by atoms with Gasteiger partial charge in [0, 0.05) is 39.2 Å². The number of nitrogens with zero attached hydrogens (tertiary/aromatic N) is 2. The second-order valence-electron chi connectivity index (χ2n) is 6.53. The number of hydrogen-bond donors (Lipinski definition) is 2. The molecule has 2 fully saturated rings. The minimum absolute atomic E-state index is 0.0410. The van der Waals surface area contributed by atoms with Crippen molar-refractivity contribution in [1.29, 1.82) is 0 Å². The molecular weight excluding hydrogens is 280 g/mol. The first-order chi connectivity index (χ1) is 10.5. The zero-order valence-electron chi connectivity index (χ0n) is 14.3. The zero-order valence-corrected chi connectivity index (χ0v) is 14.3. The topological polar surface area (TPSA) is 66.0 Å². The average Bonchev–Trinajstić information content (AvgIpc) is 3.01. The van der Waals surface area contributed by atoms with Gasteiger partial charge >= 0.3 is 0 Å². The molecule has 2 unspecified atom stereocenters. The van der Waals surface area contributed by atoms with Gasteiger partial charge in [-0.05, 0) is 26.2 Å². The number of likely N-dealkylation sites (N-methyl/N-ethyl adjacent to an activating group) is 1. The van der Waals surface area contributed by atoms with E-state index in [1.165, 1.54) is 25.7 Å². The third kappa shape index (κ3) is 3.37.